The van der Waals surface area contributed by atoms with Crippen LogP contribution in [0.25, 0.3) is 0 Å². The molecule has 0 bridgehead atoms. The van der Waals surface area contributed by atoms with Crippen molar-refractivity contribution in [3.8, 4) is 6.07 Å². The number of halogens is 2. The number of carbonyl (C=O) groups excluding carboxylic acids is 1. The number of nitrogens with one attached hydrogen (secondary N) is 1. The van der Waals surface area contributed by atoms with Crippen LogP contribution in [0.15, 0.2) is 24.3 Å². The van der Waals surface area contributed by atoms with E-state index in [9.17, 15) is 18.8 Å². The highest BCUT2D eigenvalue weighted by molar-refractivity contribution is 6.08. The summed E-state index contributed by atoms with van der Waals surface area (Å²) in [6, 6.07) is 8.95. The topological polar surface area (TPSA) is 85.2 Å². The molecule has 1 aromatic carbocycles. The summed E-state index contributed by atoms with van der Waals surface area (Å²) in [6.07, 6.45) is 4.31. The molecule has 178 valence electrons. The molecule has 9 heteroatoms. The molecule has 1 amide bonds. The van der Waals surface area contributed by atoms with Gasteiger partial charge in [0.05, 0.1) is 22.9 Å². The molecule has 0 unspecified atom stereocenters. The Labute approximate surface area is 197 Å². The van der Waals surface area contributed by atoms with Gasteiger partial charge in [0.15, 0.2) is 0 Å². The van der Waals surface area contributed by atoms with E-state index in [0.29, 0.717) is 34.0 Å². The summed E-state index contributed by atoms with van der Waals surface area (Å²) in [6.45, 7) is 3.85. The summed E-state index contributed by atoms with van der Waals surface area (Å²) in [4.78, 5) is 26.1. The van der Waals surface area contributed by atoms with Crippen LogP contribution in [0.1, 0.15) is 60.1 Å². The van der Waals surface area contributed by atoms with Crippen LogP contribution in [0.2, 0.25) is 0 Å². The number of hydrogen-bond donors (Lipinski definition) is 1. The van der Waals surface area contributed by atoms with Crippen molar-refractivity contribution in [3.63, 3.8) is 0 Å². The second-order valence-electron chi connectivity index (χ2n) is 9.82. The number of nitriles is 1. The molecule has 1 spiro atoms. The number of nitrogens with zero attached hydrogens (tertiary/aromatic N) is 5. The number of rotatable bonds is 4. The van der Waals surface area contributed by atoms with Crippen LogP contribution in [-0.4, -0.2) is 48.0 Å². The molecule has 3 fully saturated rings. The number of aryl methyl sites for hydroxylation is 1. The molecule has 1 aromatic heterocycles. The van der Waals surface area contributed by atoms with Crippen LogP contribution >= 0.6 is 0 Å². The maximum Gasteiger partial charge on any atom is 0.258 e. The van der Waals surface area contributed by atoms with Crippen molar-refractivity contribution in [1.82, 2.24) is 9.97 Å². The Bertz CT molecular complexity index is 1140. The summed E-state index contributed by atoms with van der Waals surface area (Å²) < 4.78 is 27.1. The molecule has 7 nitrogen and oxygen atoms in total. The third kappa shape index (κ3) is 4.67. The van der Waals surface area contributed by atoms with Crippen molar-refractivity contribution < 1.29 is 13.6 Å². The lowest BCUT2D eigenvalue weighted by atomic mass is 9.92. The van der Waals surface area contributed by atoms with Crippen molar-refractivity contribution in [1.29, 1.82) is 5.26 Å². The number of anilines is 3. The smallest absolute Gasteiger partial charge is 0.258 e. The first-order valence-corrected chi connectivity index (χ1v) is 11.8. The van der Waals surface area contributed by atoms with E-state index < -0.39 is 5.92 Å². The highest BCUT2D eigenvalue weighted by Crippen LogP contribution is 2.54. The Kier molecular flexibility index (Phi) is 5.62. The van der Waals surface area contributed by atoms with Crippen molar-refractivity contribution in [3.05, 3.63) is 41.1 Å². The number of alkyl halides is 2. The second kappa shape index (κ2) is 8.49. The van der Waals surface area contributed by atoms with E-state index >= 15 is 0 Å². The fourth-order valence-electron chi connectivity index (χ4n) is 4.93. The number of aromatic nitrogens is 2. The van der Waals surface area contributed by atoms with Gasteiger partial charge in [-0.1, -0.05) is 0 Å². The van der Waals surface area contributed by atoms with Crippen LogP contribution in [-0.2, 0) is 0 Å². The van der Waals surface area contributed by atoms with Crippen LogP contribution in [0.5, 0.6) is 0 Å². The normalized spacial score (nSPS) is 20.6. The van der Waals surface area contributed by atoms with Gasteiger partial charge in [-0.3, -0.25) is 4.79 Å². The zero-order valence-corrected chi connectivity index (χ0v) is 19.3. The minimum atomic E-state index is -2.66. The number of amides is 1. The fraction of sp³-hybridized carbons (Fsp3) is 0.520. The molecule has 3 heterocycles. The van der Waals surface area contributed by atoms with Gasteiger partial charge in [-0.05, 0) is 56.2 Å². The van der Waals surface area contributed by atoms with Gasteiger partial charge in [0.2, 0.25) is 5.95 Å². The third-order valence-corrected chi connectivity index (χ3v) is 7.36. The molecule has 34 heavy (non-hydrogen) atoms. The summed E-state index contributed by atoms with van der Waals surface area (Å²) in [7, 11) is 0. The first-order valence-electron chi connectivity index (χ1n) is 11.8. The van der Waals surface area contributed by atoms with Crippen molar-refractivity contribution in [2.45, 2.75) is 51.4 Å². The van der Waals surface area contributed by atoms with Gasteiger partial charge in [-0.15, -0.1) is 0 Å². The quantitative estimate of drug-likeness (QED) is 0.713. The molecule has 1 saturated carbocycles. The molecule has 0 radical (unpaired) electrons. The van der Waals surface area contributed by atoms with Crippen LogP contribution in [0.4, 0.5) is 26.2 Å². The van der Waals surface area contributed by atoms with Crippen LogP contribution in [0.3, 0.4) is 0 Å². The lowest BCUT2D eigenvalue weighted by molar-refractivity contribution is -0.0222. The number of hydrogen-bond acceptors (Lipinski definition) is 6. The Morgan fingerprint density at radius 2 is 1.68 bits per heavy atom. The molecule has 1 N–H and O–H groups in total. The van der Waals surface area contributed by atoms with Gasteiger partial charge in [-0.2, -0.15) is 10.2 Å². The molecule has 0 atom stereocenters. The fourth-order valence-corrected chi connectivity index (χ4v) is 4.93. The van der Waals surface area contributed by atoms with Gasteiger partial charge >= 0.3 is 0 Å². The maximum absolute atomic E-state index is 13.6. The number of carbonyl (C=O) groups is 1. The maximum atomic E-state index is 13.6. The van der Waals surface area contributed by atoms with E-state index in [2.05, 4.69) is 26.3 Å². The second-order valence-corrected chi connectivity index (χ2v) is 9.82. The molecule has 3 aliphatic rings. The van der Waals surface area contributed by atoms with Gasteiger partial charge < -0.3 is 15.1 Å². The largest absolute Gasteiger partial charge is 0.371 e. The average molecular weight is 467 g/mol. The first-order chi connectivity index (χ1) is 16.3. The minimum absolute atomic E-state index is 0.167. The number of benzene rings is 1. The monoisotopic (exact) mass is 466 g/mol. The lowest BCUT2D eigenvalue weighted by Gasteiger charge is -2.35. The molecule has 2 saturated heterocycles. The van der Waals surface area contributed by atoms with Gasteiger partial charge in [-0.25, -0.2) is 13.8 Å². The SMILES string of the molecule is Cc1cc(NC(=O)c2ccc(C#N)cc2N2CCC3(CC2)CC3)nc(N2CCC(F)(F)CC2)n1. The van der Waals surface area contributed by atoms with Crippen molar-refractivity contribution in [2.24, 2.45) is 5.41 Å². The van der Waals surface area contributed by atoms with Gasteiger partial charge in [0, 0.05) is 50.8 Å². The Morgan fingerprint density at radius 1 is 1.00 bits per heavy atom. The molecule has 2 aromatic rings. The average Bonchev–Trinajstić information content (AvgIpc) is 3.57. The van der Waals surface area contributed by atoms with Gasteiger partial charge in [0.1, 0.15) is 5.82 Å². The summed E-state index contributed by atoms with van der Waals surface area (Å²) >= 11 is 0. The van der Waals surface area contributed by atoms with Gasteiger partial charge in [0.25, 0.3) is 11.8 Å². The highest BCUT2D eigenvalue weighted by Gasteiger charge is 2.44. The van der Waals surface area contributed by atoms with E-state index in [1.807, 2.05) is 0 Å². The lowest BCUT2D eigenvalue weighted by Crippen LogP contribution is -2.40. The summed E-state index contributed by atoms with van der Waals surface area (Å²) in [5, 5.41) is 12.3. The minimum Gasteiger partial charge on any atom is -0.371 e. The highest BCUT2D eigenvalue weighted by atomic mass is 19.3. The zero-order chi connectivity index (χ0) is 23.9. The molecular formula is C25H28F2N6O. The first kappa shape index (κ1) is 22.5. The number of piperidine rings is 2. The van der Waals surface area contributed by atoms with Crippen LogP contribution < -0.4 is 15.1 Å². The summed E-state index contributed by atoms with van der Waals surface area (Å²) in [5.74, 6) is -2.30. The van der Waals surface area contributed by atoms with E-state index in [4.69, 9.17) is 0 Å². The predicted molar refractivity (Wildman–Crippen MR) is 125 cm³/mol. The summed E-state index contributed by atoms with van der Waals surface area (Å²) in [5.41, 5.74) is 2.90. The van der Waals surface area contributed by atoms with Crippen LogP contribution in [0, 0.1) is 23.7 Å². The van der Waals surface area contributed by atoms with Crippen molar-refractivity contribution >= 4 is 23.4 Å². The Hall–Kier alpha value is -3.28. The van der Waals surface area contributed by atoms with E-state index in [1.165, 1.54) is 12.8 Å². The van der Waals surface area contributed by atoms with Crippen molar-refractivity contribution in [2.75, 3.05) is 41.3 Å². The molecule has 1 aliphatic carbocycles. The Balaban J connectivity index is 1.36. The predicted octanol–water partition coefficient (Wildman–Crippen LogP) is 4.52. The molecule has 2 aliphatic heterocycles. The molecular weight excluding hydrogens is 438 g/mol. The van der Waals surface area contributed by atoms with E-state index in [0.717, 1.165) is 31.6 Å². The Morgan fingerprint density at radius 3 is 2.32 bits per heavy atom. The van der Waals surface area contributed by atoms with E-state index in [1.54, 1.807) is 36.1 Å². The molecule has 5 rings (SSSR count). The standard InChI is InChI=1S/C25H28F2N6O/c1-17-14-21(31-23(29-17)33-12-8-25(26,27)9-13-33)30-22(34)19-3-2-18(16-28)15-20(19)32-10-6-24(4-5-24)7-11-32/h2-3,14-15H,4-13H2,1H3,(H,29,30,31,34). The third-order valence-electron chi connectivity index (χ3n) is 7.36. The van der Waals surface area contributed by atoms with E-state index in [-0.39, 0.29) is 31.8 Å². The zero-order valence-electron chi connectivity index (χ0n) is 19.3.